The van der Waals surface area contributed by atoms with Crippen molar-refractivity contribution >= 4 is 21.8 Å². The highest BCUT2D eigenvalue weighted by atomic mass is 32.2. The van der Waals surface area contributed by atoms with Crippen molar-refractivity contribution in [3.05, 3.63) is 90.2 Å². The van der Waals surface area contributed by atoms with Gasteiger partial charge in [0.1, 0.15) is 16.4 Å². The third-order valence-electron chi connectivity index (χ3n) is 4.38. The zero-order valence-electron chi connectivity index (χ0n) is 17.5. The molecule has 2 amide bonds. The lowest BCUT2D eigenvalue weighted by molar-refractivity contribution is -0.116. The molecule has 1 aromatic carbocycles. The summed E-state index contributed by atoms with van der Waals surface area (Å²) in [4.78, 5) is 33.6. The van der Waals surface area contributed by atoms with Crippen molar-refractivity contribution in [2.45, 2.75) is 18.4 Å². The number of sulfonamides is 1. The summed E-state index contributed by atoms with van der Waals surface area (Å²) in [5, 5.41) is 2.66. The Kier molecular flexibility index (Phi) is 7.26. The van der Waals surface area contributed by atoms with Gasteiger partial charge in [0.25, 0.3) is 15.9 Å². The van der Waals surface area contributed by atoms with Gasteiger partial charge in [-0.25, -0.2) is 17.8 Å². The first-order valence-corrected chi connectivity index (χ1v) is 11.1. The molecule has 11 heteroatoms. The first-order valence-electron chi connectivity index (χ1n) is 9.60. The number of benzene rings is 1. The van der Waals surface area contributed by atoms with Crippen LogP contribution in [0.5, 0.6) is 0 Å². The Morgan fingerprint density at radius 3 is 2.64 bits per heavy atom. The molecule has 0 radical (unpaired) electrons. The Morgan fingerprint density at radius 1 is 1.15 bits per heavy atom. The first-order chi connectivity index (χ1) is 15.7. The van der Waals surface area contributed by atoms with Crippen LogP contribution in [-0.2, 0) is 21.4 Å². The fourth-order valence-electron chi connectivity index (χ4n) is 2.83. The lowest BCUT2D eigenvalue weighted by Gasteiger charge is -2.11. The third-order valence-corrected chi connectivity index (χ3v) is 5.66. The molecule has 0 fully saturated rings. The molecule has 0 aliphatic rings. The van der Waals surface area contributed by atoms with Crippen LogP contribution < -0.4 is 15.6 Å². The van der Waals surface area contributed by atoms with E-state index < -0.39 is 26.6 Å². The molecule has 2 heterocycles. The molecular formula is C22H20FN5O4S. The Hall–Kier alpha value is -3.96. The number of hydrogen-bond donors (Lipinski definition) is 3. The zero-order chi connectivity index (χ0) is 24.0. The minimum Gasteiger partial charge on any atom is -0.348 e. The number of hydrogen-bond acceptors (Lipinski definition) is 6. The van der Waals surface area contributed by atoms with Gasteiger partial charge in [0.2, 0.25) is 5.91 Å². The molecule has 170 valence electrons. The Morgan fingerprint density at radius 2 is 1.91 bits per heavy atom. The van der Waals surface area contributed by atoms with Crippen LogP contribution in [0.25, 0.3) is 11.3 Å². The summed E-state index contributed by atoms with van der Waals surface area (Å²) >= 11 is 0. The second-order valence-corrected chi connectivity index (χ2v) is 8.49. The Labute approximate surface area is 189 Å². The summed E-state index contributed by atoms with van der Waals surface area (Å²) in [7, 11) is -4.33. The number of hydrazine groups is 1. The molecule has 33 heavy (non-hydrogen) atoms. The predicted octanol–water partition coefficient (Wildman–Crippen LogP) is 2.02. The average molecular weight is 469 g/mol. The van der Waals surface area contributed by atoms with E-state index >= 15 is 0 Å². The van der Waals surface area contributed by atoms with Crippen molar-refractivity contribution in [1.82, 2.24) is 25.5 Å². The molecule has 2 aromatic heterocycles. The lowest BCUT2D eigenvalue weighted by atomic mass is 10.1. The molecule has 0 aliphatic carbocycles. The molecule has 3 aromatic rings. The van der Waals surface area contributed by atoms with E-state index in [9.17, 15) is 22.4 Å². The van der Waals surface area contributed by atoms with Gasteiger partial charge in [-0.3, -0.25) is 20.0 Å². The van der Waals surface area contributed by atoms with Gasteiger partial charge in [0.15, 0.2) is 0 Å². The van der Waals surface area contributed by atoms with E-state index in [4.69, 9.17) is 0 Å². The molecule has 3 rings (SSSR count). The van der Waals surface area contributed by atoms with Gasteiger partial charge in [-0.2, -0.15) is 0 Å². The van der Waals surface area contributed by atoms with E-state index in [0.29, 0.717) is 17.0 Å². The molecule has 0 saturated heterocycles. The van der Waals surface area contributed by atoms with Crippen molar-refractivity contribution < 1.29 is 22.4 Å². The van der Waals surface area contributed by atoms with Crippen molar-refractivity contribution in [3.8, 4) is 11.3 Å². The summed E-state index contributed by atoms with van der Waals surface area (Å²) in [6.45, 7) is 5.32. The van der Waals surface area contributed by atoms with Crippen molar-refractivity contribution in [1.29, 1.82) is 0 Å². The normalized spacial score (nSPS) is 11.0. The molecule has 0 saturated carbocycles. The van der Waals surface area contributed by atoms with Crippen LogP contribution in [0.3, 0.4) is 0 Å². The minimum atomic E-state index is -4.33. The van der Waals surface area contributed by atoms with Crippen LogP contribution >= 0.6 is 0 Å². The molecule has 0 unspecified atom stereocenters. The average Bonchev–Trinajstić information content (AvgIpc) is 2.81. The van der Waals surface area contributed by atoms with Gasteiger partial charge in [0.05, 0.1) is 5.69 Å². The largest absolute Gasteiger partial charge is 0.348 e. The number of rotatable bonds is 8. The lowest BCUT2D eigenvalue weighted by Crippen LogP contribution is -2.42. The van der Waals surface area contributed by atoms with Crippen LogP contribution in [-0.4, -0.2) is 30.2 Å². The van der Waals surface area contributed by atoms with Crippen LogP contribution in [0.15, 0.2) is 72.3 Å². The molecule has 9 nitrogen and oxygen atoms in total. The summed E-state index contributed by atoms with van der Waals surface area (Å²) in [5.41, 5.74) is 4.30. The smallest absolute Gasteiger partial charge is 0.284 e. The van der Waals surface area contributed by atoms with E-state index in [0.717, 1.165) is 17.7 Å². The molecule has 0 bridgehead atoms. The predicted molar refractivity (Wildman–Crippen MR) is 118 cm³/mol. The highest BCUT2D eigenvalue weighted by Gasteiger charge is 2.20. The standard InChI is InChI=1S/C22H20FN5O4S/c1-3-21(29)25-13-15-8-9-24-18(11-15)16-10-14(2)26-19(12-16)22(30)27-28-33(31,32)20-7-5-4-6-17(20)23/h3-12,28H,1,13H2,2H3,(H,25,29)(H,27,30). The maximum absolute atomic E-state index is 13.8. The first kappa shape index (κ1) is 23.7. The summed E-state index contributed by atoms with van der Waals surface area (Å²) in [5.74, 6) is -2.11. The topological polar surface area (TPSA) is 130 Å². The van der Waals surface area contributed by atoms with Gasteiger partial charge >= 0.3 is 0 Å². The van der Waals surface area contributed by atoms with Gasteiger partial charge in [-0.1, -0.05) is 18.7 Å². The number of aromatic nitrogens is 2. The number of aryl methyl sites for hydroxylation is 1. The van der Waals surface area contributed by atoms with Crippen molar-refractivity contribution in [2.24, 2.45) is 0 Å². The number of nitrogens with zero attached hydrogens (tertiary/aromatic N) is 2. The van der Waals surface area contributed by atoms with E-state index in [1.807, 2.05) is 10.3 Å². The summed E-state index contributed by atoms with van der Waals surface area (Å²) in [6, 6.07) is 11.4. The van der Waals surface area contributed by atoms with Gasteiger partial charge in [-0.15, -0.1) is 4.83 Å². The fourth-order valence-corrected chi connectivity index (χ4v) is 3.75. The third kappa shape index (κ3) is 6.05. The van der Waals surface area contributed by atoms with E-state index in [1.165, 1.54) is 24.3 Å². The van der Waals surface area contributed by atoms with Gasteiger partial charge < -0.3 is 5.32 Å². The fraction of sp³-hybridized carbons (Fsp3) is 0.0909. The highest BCUT2D eigenvalue weighted by Crippen LogP contribution is 2.20. The minimum absolute atomic E-state index is 0.0756. The monoisotopic (exact) mass is 469 g/mol. The van der Waals surface area contributed by atoms with Crippen LogP contribution in [0.4, 0.5) is 4.39 Å². The molecule has 3 N–H and O–H groups in total. The van der Waals surface area contributed by atoms with E-state index in [-0.39, 0.29) is 18.1 Å². The SMILES string of the molecule is C=CC(=O)NCc1ccnc(-c2cc(C)nc(C(=O)NNS(=O)(=O)c3ccccc3F)c2)c1. The second kappa shape index (κ2) is 10.1. The Bertz CT molecular complexity index is 1330. The number of carbonyl (C=O) groups is 2. The summed E-state index contributed by atoms with van der Waals surface area (Å²) < 4.78 is 38.4. The van der Waals surface area contributed by atoms with Crippen LogP contribution in [0.1, 0.15) is 21.7 Å². The van der Waals surface area contributed by atoms with Crippen LogP contribution in [0, 0.1) is 12.7 Å². The maximum Gasteiger partial charge on any atom is 0.284 e. The number of carbonyl (C=O) groups excluding carboxylic acids is 2. The molecule has 0 aliphatic heterocycles. The van der Waals surface area contributed by atoms with Crippen molar-refractivity contribution in [2.75, 3.05) is 0 Å². The molecular weight excluding hydrogens is 449 g/mol. The zero-order valence-corrected chi connectivity index (χ0v) is 18.3. The quantitative estimate of drug-likeness (QED) is 0.342. The van der Waals surface area contributed by atoms with E-state index in [2.05, 4.69) is 21.9 Å². The number of nitrogens with one attached hydrogen (secondary N) is 3. The van der Waals surface area contributed by atoms with Crippen LogP contribution in [0.2, 0.25) is 0 Å². The number of pyridine rings is 2. The number of amides is 2. The molecule has 0 spiro atoms. The number of halogens is 1. The molecule has 0 atom stereocenters. The highest BCUT2D eigenvalue weighted by molar-refractivity contribution is 7.89. The second-order valence-electron chi connectivity index (χ2n) is 6.84. The van der Waals surface area contributed by atoms with Gasteiger partial charge in [-0.05, 0) is 55.0 Å². The van der Waals surface area contributed by atoms with Gasteiger partial charge in [0, 0.05) is 24.0 Å². The van der Waals surface area contributed by atoms with E-state index in [1.54, 1.807) is 31.3 Å². The maximum atomic E-state index is 13.8. The Balaban J connectivity index is 1.79. The summed E-state index contributed by atoms with van der Waals surface area (Å²) in [6.07, 6.45) is 2.72. The van der Waals surface area contributed by atoms with Crippen molar-refractivity contribution in [3.63, 3.8) is 0 Å².